The van der Waals surface area contributed by atoms with Gasteiger partial charge in [-0.15, -0.1) is 5.92 Å². The number of fused-ring (bicyclic) bond motifs is 2. The first-order valence-corrected chi connectivity index (χ1v) is 22.8. The number of piperidine rings is 2. The molecule has 2 aliphatic rings. The first kappa shape index (κ1) is 50.4. The number of hydrogen-bond donors (Lipinski definition) is 0. The van der Waals surface area contributed by atoms with E-state index >= 15 is 0 Å². The Hall–Kier alpha value is -1.58. The summed E-state index contributed by atoms with van der Waals surface area (Å²) in [6, 6.07) is 8.64. The Balaban J connectivity index is 0.000000219. The number of aromatic nitrogens is 6. The molecule has 0 amide bonds. The Morgan fingerprint density at radius 3 is 1.57 bits per heavy atom. The molecular weight excluding hydrogens is 1020 g/mol. The fourth-order valence-corrected chi connectivity index (χ4v) is 9.12. The maximum absolute atomic E-state index is 13.7. The number of benzene rings is 2. The predicted octanol–water partition coefficient (Wildman–Crippen LogP) is 8.73. The van der Waals surface area contributed by atoms with Crippen molar-refractivity contribution in [3.8, 4) is 34.1 Å². The van der Waals surface area contributed by atoms with E-state index in [1.54, 1.807) is 29.8 Å². The van der Waals surface area contributed by atoms with Crippen molar-refractivity contribution in [3.05, 3.63) is 91.9 Å². The minimum Gasteiger partial charge on any atom is -0.857 e. The summed E-state index contributed by atoms with van der Waals surface area (Å²) in [5.41, 5.74) is 5.59. The number of hydrogen-bond acceptors (Lipinski definition) is 7. The summed E-state index contributed by atoms with van der Waals surface area (Å²) >= 11 is 33.6. The van der Waals surface area contributed by atoms with Gasteiger partial charge in [0, 0.05) is 47.7 Å². The van der Waals surface area contributed by atoms with Gasteiger partial charge in [-0.3, -0.25) is 0 Å². The van der Waals surface area contributed by atoms with Gasteiger partial charge in [-0.05, 0) is 80.8 Å². The van der Waals surface area contributed by atoms with Crippen LogP contribution in [0.3, 0.4) is 0 Å². The molecule has 9 nitrogen and oxygen atoms in total. The van der Waals surface area contributed by atoms with Crippen molar-refractivity contribution in [2.24, 2.45) is 11.8 Å². The van der Waals surface area contributed by atoms with Gasteiger partial charge in [-0.25, -0.2) is 18.7 Å². The molecule has 2 saturated heterocycles. The van der Waals surface area contributed by atoms with Gasteiger partial charge >= 0.3 is 51.4 Å². The van der Waals surface area contributed by atoms with E-state index in [1.165, 1.54) is 24.3 Å². The van der Waals surface area contributed by atoms with E-state index in [-0.39, 0.29) is 66.1 Å². The van der Waals surface area contributed by atoms with Crippen LogP contribution in [0.1, 0.15) is 69.3 Å². The van der Waals surface area contributed by atoms with E-state index in [2.05, 4.69) is 94.4 Å². The topological polar surface area (TPSA) is 89.9 Å². The number of anilines is 2. The van der Waals surface area contributed by atoms with Crippen LogP contribution >= 0.6 is 78.3 Å². The van der Waals surface area contributed by atoms with Crippen LogP contribution in [0.15, 0.2) is 48.8 Å². The van der Waals surface area contributed by atoms with Crippen molar-refractivity contribution in [2.75, 3.05) is 43.1 Å². The van der Waals surface area contributed by atoms with Crippen LogP contribution in [0.4, 0.5) is 20.4 Å². The minimum atomic E-state index is -0.396. The second-order valence-corrected chi connectivity index (χ2v) is 18.8. The molecule has 4 aromatic heterocycles. The molecule has 6 heterocycles. The second kappa shape index (κ2) is 22.5. The second-order valence-electron chi connectivity index (χ2n) is 14.9. The van der Waals surface area contributed by atoms with E-state index in [4.69, 9.17) is 51.5 Å². The fourth-order valence-electron chi connectivity index (χ4n) is 7.46. The average molecular weight is 1070 g/mol. The van der Waals surface area contributed by atoms with Crippen LogP contribution < -0.4 is 66.3 Å². The third-order valence-corrected chi connectivity index (χ3v) is 14.4. The van der Waals surface area contributed by atoms with E-state index in [9.17, 15) is 8.78 Å². The van der Waals surface area contributed by atoms with Crippen LogP contribution in [0, 0.1) is 35.3 Å². The molecule has 61 heavy (non-hydrogen) atoms. The monoisotopic (exact) mass is 1060 g/mol. The van der Waals surface area contributed by atoms with E-state index < -0.39 is 11.6 Å². The molecule has 2 aliphatic heterocycles. The maximum Gasteiger partial charge on any atom is 1.00 e. The molecule has 2 aromatic carbocycles. The van der Waals surface area contributed by atoms with Gasteiger partial charge < -0.3 is 14.9 Å². The standard InChI is InChI=1S/C21H21Br2Cl2FN4.C21H19Cl2FN4.CH3O.K/c1-11-5-7-29(8-6-11)21-17(14-4-3-13(26)9-16(14)24)19(25)28-20-15(10-27-30(20)21)18(23)12(2)22;1-3-4-14-12-25-28-20(14)26-19(23)18(16-6-5-15(24)11-17(16)22)21(28)27-9-7-13(2)8-10-27;1-2;/h3-4,9-12,18H,5-8H2,1-2H3;5-6,11-13H,7-10H2,1-2H3;1H3;/q;;-1;+1. The summed E-state index contributed by atoms with van der Waals surface area (Å²) in [7, 11) is 0.750. The van der Waals surface area contributed by atoms with Crippen molar-refractivity contribution < 1.29 is 65.3 Å². The predicted molar refractivity (Wildman–Crippen MR) is 247 cm³/mol. The average Bonchev–Trinajstić information content (AvgIpc) is 3.82. The zero-order valence-electron chi connectivity index (χ0n) is 34.6. The van der Waals surface area contributed by atoms with Crippen molar-refractivity contribution >= 4 is 101 Å². The third kappa shape index (κ3) is 11.1. The van der Waals surface area contributed by atoms with Gasteiger partial charge in [0.25, 0.3) is 0 Å². The molecule has 0 radical (unpaired) electrons. The van der Waals surface area contributed by atoms with E-state index in [0.717, 1.165) is 76.2 Å². The number of halogens is 8. The van der Waals surface area contributed by atoms with E-state index in [1.807, 2.05) is 10.7 Å². The van der Waals surface area contributed by atoms with Gasteiger partial charge in [-0.2, -0.15) is 26.3 Å². The van der Waals surface area contributed by atoms with Gasteiger partial charge in [0.2, 0.25) is 0 Å². The Morgan fingerprint density at radius 1 is 0.721 bits per heavy atom. The molecule has 0 bridgehead atoms. The molecule has 18 heteroatoms. The molecule has 6 aromatic rings. The zero-order valence-corrected chi connectivity index (χ0v) is 43.9. The normalized spacial score (nSPS) is 15.6. The van der Waals surface area contributed by atoms with Crippen molar-refractivity contribution in [1.82, 2.24) is 29.2 Å². The Bertz CT molecular complexity index is 2550. The van der Waals surface area contributed by atoms with Crippen molar-refractivity contribution in [2.45, 2.75) is 63.0 Å². The Kier molecular flexibility index (Phi) is 18.6. The maximum atomic E-state index is 13.7. The Morgan fingerprint density at radius 2 is 1.15 bits per heavy atom. The fraction of sp³-hybridized carbons (Fsp3) is 0.395. The molecule has 8 rings (SSSR count). The van der Waals surface area contributed by atoms with Crippen LogP contribution in [0.2, 0.25) is 20.4 Å². The summed E-state index contributed by atoms with van der Waals surface area (Å²) in [6.45, 7) is 11.9. The molecule has 0 spiro atoms. The Labute approximate surface area is 434 Å². The number of rotatable bonds is 6. The molecular formula is C43H43Br2Cl4F2KN8O. The first-order chi connectivity index (χ1) is 28.8. The third-order valence-electron chi connectivity index (χ3n) is 10.7. The van der Waals surface area contributed by atoms with Gasteiger partial charge in [0.05, 0.1) is 44.0 Å². The van der Waals surface area contributed by atoms with Crippen molar-refractivity contribution in [1.29, 1.82) is 0 Å². The van der Waals surface area contributed by atoms with E-state index in [0.29, 0.717) is 66.3 Å². The quantitative estimate of drug-likeness (QED) is 0.0714. The van der Waals surface area contributed by atoms with Gasteiger partial charge in [-0.1, -0.05) is 105 Å². The summed E-state index contributed by atoms with van der Waals surface area (Å²) < 4.78 is 31.0. The summed E-state index contributed by atoms with van der Waals surface area (Å²) in [6.07, 6.45) is 7.81. The molecule has 318 valence electrons. The minimum absolute atomic E-state index is 0. The molecule has 2 atom stereocenters. The van der Waals surface area contributed by atoms with Crippen LogP contribution in [0.25, 0.3) is 33.5 Å². The molecule has 0 N–H and O–H groups in total. The summed E-state index contributed by atoms with van der Waals surface area (Å²) in [5, 5.41) is 18.7. The molecule has 0 aliphatic carbocycles. The summed E-state index contributed by atoms with van der Waals surface area (Å²) in [5.74, 6) is 8.12. The SMILES string of the molecule is CC#Cc1cnn2c(N3CCC(C)CC3)c(-c3ccc(F)cc3Cl)c(Cl)nc12.CC1CCN(c2c(-c3ccc(F)cc3Cl)c(Cl)nc3c(C(Br)C(C)Br)cnn23)CC1.C[O-].[K+]. The molecule has 2 fully saturated rings. The van der Waals surface area contributed by atoms with Crippen molar-refractivity contribution in [3.63, 3.8) is 0 Å². The van der Waals surface area contributed by atoms with Crippen LogP contribution in [0.5, 0.6) is 0 Å². The van der Waals surface area contributed by atoms with Gasteiger partial charge in [0.1, 0.15) is 33.6 Å². The largest absolute Gasteiger partial charge is 1.00 e. The van der Waals surface area contributed by atoms with Gasteiger partial charge in [0.15, 0.2) is 11.3 Å². The molecule has 0 saturated carbocycles. The molecule has 2 unspecified atom stereocenters. The number of nitrogens with zero attached hydrogens (tertiary/aromatic N) is 8. The summed E-state index contributed by atoms with van der Waals surface area (Å²) in [4.78, 5) is 14.0. The number of alkyl halides is 2. The smallest absolute Gasteiger partial charge is 0.857 e. The zero-order chi connectivity index (χ0) is 43.4. The van der Waals surface area contributed by atoms with Crippen LogP contribution in [-0.4, -0.2) is 67.3 Å². The van der Waals surface area contributed by atoms with Crippen LogP contribution in [-0.2, 0) is 0 Å². The first-order valence-electron chi connectivity index (χ1n) is 19.4.